The highest BCUT2D eigenvalue weighted by Crippen LogP contribution is 2.30. The van der Waals surface area contributed by atoms with Gasteiger partial charge in [0.15, 0.2) is 0 Å². The number of piperidine rings is 1. The second-order valence-electron chi connectivity index (χ2n) is 9.45. The number of rotatable bonds is 6. The van der Waals surface area contributed by atoms with Crippen molar-refractivity contribution in [3.63, 3.8) is 0 Å². The number of nitrogens with zero attached hydrogens (tertiary/aromatic N) is 3. The molecule has 1 aliphatic heterocycles. The number of aryl methyl sites for hydroxylation is 3. The number of nitriles is 1. The third kappa shape index (κ3) is 5.20. The predicted octanol–water partition coefficient (Wildman–Crippen LogP) is 6.02. The fraction of sp³-hybridized carbons (Fsp3) is 0.379. The summed E-state index contributed by atoms with van der Waals surface area (Å²) in [7, 11) is 0. The average molecular weight is 440 g/mol. The van der Waals surface area contributed by atoms with Gasteiger partial charge >= 0.3 is 0 Å². The van der Waals surface area contributed by atoms with Crippen LogP contribution in [0.3, 0.4) is 0 Å². The lowest BCUT2D eigenvalue weighted by Gasteiger charge is -2.31. The molecule has 2 heterocycles. The zero-order valence-corrected chi connectivity index (χ0v) is 20.0. The van der Waals surface area contributed by atoms with Crippen molar-refractivity contribution in [1.29, 1.82) is 5.26 Å². The summed E-state index contributed by atoms with van der Waals surface area (Å²) in [6.45, 7) is 8.27. The van der Waals surface area contributed by atoms with Gasteiger partial charge in [-0.25, -0.2) is 0 Å². The van der Waals surface area contributed by atoms with Crippen molar-refractivity contribution in [1.82, 2.24) is 9.47 Å². The first kappa shape index (κ1) is 22.9. The lowest BCUT2D eigenvalue weighted by Crippen LogP contribution is -2.39. The molecular weight excluding hydrogens is 406 g/mol. The summed E-state index contributed by atoms with van der Waals surface area (Å²) < 4.78 is 2.28. The number of aromatic nitrogens is 1. The maximum Gasteiger partial charge on any atom is 0.222 e. The molecule has 0 spiro atoms. The summed E-state index contributed by atoms with van der Waals surface area (Å²) in [6.07, 6.45) is 3.96. The summed E-state index contributed by atoms with van der Waals surface area (Å²) in [5.74, 6) is 0.848. The summed E-state index contributed by atoms with van der Waals surface area (Å²) >= 11 is 0. The third-order valence-electron chi connectivity index (χ3n) is 6.70. The quantitative estimate of drug-likeness (QED) is 0.472. The second kappa shape index (κ2) is 10.1. The van der Waals surface area contributed by atoms with E-state index in [0.29, 0.717) is 25.2 Å². The molecule has 1 amide bonds. The molecule has 4 rings (SSSR count). The molecule has 1 saturated heterocycles. The molecule has 4 nitrogen and oxygen atoms in total. The van der Waals surface area contributed by atoms with Crippen LogP contribution in [0.2, 0.25) is 0 Å². The molecule has 0 N–H and O–H groups in total. The summed E-state index contributed by atoms with van der Waals surface area (Å²) in [4.78, 5) is 15.0. The fourth-order valence-corrected chi connectivity index (χ4v) is 4.95. The van der Waals surface area contributed by atoms with Crippen molar-refractivity contribution < 1.29 is 4.79 Å². The van der Waals surface area contributed by atoms with E-state index in [1.54, 1.807) is 0 Å². The number of amides is 1. The minimum absolute atomic E-state index is 0.256. The van der Waals surface area contributed by atoms with Crippen LogP contribution in [0.5, 0.6) is 0 Å². The minimum atomic E-state index is 0.256. The van der Waals surface area contributed by atoms with Gasteiger partial charge in [-0.15, -0.1) is 0 Å². The molecule has 1 aliphatic rings. The van der Waals surface area contributed by atoms with E-state index in [-0.39, 0.29) is 5.91 Å². The van der Waals surface area contributed by atoms with Gasteiger partial charge < -0.3 is 9.47 Å². The van der Waals surface area contributed by atoms with E-state index in [4.69, 9.17) is 5.26 Å². The van der Waals surface area contributed by atoms with Crippen LogP contribution in [0.25, 0.3) is 16.9 Å². The normalized spacial score (nSPS) is 15.9. The Balaban J connectivity index is 1.66. The first-order chi connectivity index (χ1) is 16.0. The van der Waals surface area contributed by atoms with Crippen molar-refractivity contribution in [3.05, 3.63) is 77.0 Å². The number of carbonyl (C=O) groups is 1. The third-order valence-corrected chi connectivity index (χ3v) is 6.70. The molecule has 4 heteroatoms. The van der Waals surface area contributed by atoms with Crippen molar-refractivity contribution >= 4 is 5.91 Å². The van der Waals surface area contributed by atoms with E-state index in [1.807, 2.05) is 17.0 Å². The maximum absolute atomic E-state index is 12.9. The topological polar surface area (TPSA) is 49.0 Å². The van der Waals surface area contributed by atoms with Crippen LogP contribution < -0.4 is 0 Å². The van der Waals surface area contributed by atoms with Crippen LogP contribution in [0.15, 0.2) is 54.6 Å². The van der Waals surface area contributed by atoms with Crippen molar-refractivity contribution in [2.45, 2.75) is 52.9 Å². The second-order valence-corrected chi connectivity index (χ2v) is 9.45. The Hall–Kier alpha value is -3.32. The van der Waals surface area contributed by atoms with Crippen LogP contribution in [0, 0.1) is 31.1 Å². The molecule has 3 aromatic rings. The molecular formula is C29H33N3O. The van der Waals surface area contributed by atoms with Gasteiger partial charge in [0.1, 0.15) is 0 Å². The van der Waals surface area contributed by atoms with Gasteiger partial charge in [-0.1, -0.05) is 42.8 Å². The van der Waals surface area contributed by atoms with Crippen LogP contribution in [0.4, 0.5) is 0 Å². The number of likely N-dealkylation sites (tertiary alicyclic amines) is 1. The van der Waals surface area contributed by atoms with E-state index in [0.717, 1.165) is 42.1 Å². The first-order valence-electron chi connectivity index (χ1n) is 12.0. The number of carbonyl (C=O) groups excluding carboxylic acids is 1. The highest BCUT2D eigenvalue weighted by molar-refractivity contribution is 5.77. The number of benzene rings is 2. The van der Waals surface area contributed by atoms with Crippen molar-refractivity contribution in [2.75, 3.05) is 13.1 Å². The van der Waals surface area contributed by atoms with Gasteiger partial charge in [-0.3, -0.25) is 4.79 Å². The van der Waals surface area contributed by atoms with Gasteiger partial charge in [0.05, 0.1) is 18.2 Å². The predicted molar refractivity (Wildman–Crippen MR) is 133 cm³/mol. The molecule has 0 unspecified atom stereocenters. The van der Waals surface area contributed by atoms with E-state index in [1.165, 1.54) is 23.1 Å². The molecule has 0 radical (unpaired) electrons. The van der Waals surface area contributed by atoms with Gasteiger partial charge in [-0.05, 0) is 74.4 Å². The monoisotopic (exact) mass is 439 g/mol. The molecule has 1 fully saturated rings. The Bertz CT molecular complexity index is 1170. The zero-order valence-electron chi connectivity index (χ0n) is 20.0. The standard InChI is InChI=1S/C29H33N3O/c1-21-6-13-27(23(3)19-21)28-14-11-26(12-15-29(33)31-18-4-5-22(2)20-31)32(28)25-9-7-24(8-10-25)16-17-30/h6-11,13-14,19,22H,4-5,12,15-16,18,20H2,1-3H3/t22-/m1/s1. The molecule has 0 bridgehead atoms. The summed E-state index contributed by atoms with van der Waals surface area (Å²) in [5, 5.41) is 9.02. The first-order valence-corrected chi connectivity index (χ1v) is 12.0. The Morgan fingerprint density at radius 1 is 1.09 bits per heavy atom. The average Bonchev–Trinajstić information content (AvgIpc) is 3.22. The van der Waals surface area contributed by atoms with Gasteiger partial charge in [0.2, 0.25) is 5.91 Å². The summed E-state index contributed by atoms with van der Waals surface area (Å²) in [5.41, 5.74) is 8.02. The molecule has 1 atom stereocenters. The van der Waals surface area contributed by atoms with E-state index in [2.05, 4.69) is 73.9 Å². The summed E-state index contributed by atoms with van der Waals surface area (Å²) in [6, 6.07) is 21.3. The molecule has 2 aromatic carbocycles. The lowest BCUT2D eigenvalue weighted by molar-refractivity contribution is -0.132. The molecule has 0 saturated carbocycles. The SMILES string of the molecule is Cc1ccc(-c2ccc(CCC(=O)N3CCC[C@@H](C)C3)n2-c2ccc(CC#N)cc2)c(C)c1. The molecule has 1 aromatic heterocycles. The van der Waals surface area contributed by atoms with Crippen molar-refractivity contribution in [2.24, 2.45) is 5.92 Å². The molecule has 0 aliphatic carbocycles. The van der Waals surface area contributed by atoms with Crippen LogP contribution in [-0.4, -0.2) is 28.5 Å². The molecule has 170 valence electrons. The Kier molecular flexibility index (Phi) is 6.99. The molecule has 33 heavy (non-hydrogen) atoms. The maximum atomic E-state index is 12.9. The van der Waals surface area contributed by atoms with Gasteiger partial charge in [0, 0.05) is 36.5 Å². The highest BCUT2D eigenvalue weighted by Gasteiger charge is 2.21. The number of hydrogen-bond acceptors (Lipinski definition) is 2. The van der Waals surface area contributed by atoms with E-state index >= 15 is 0 Å². The zero-order chi connectivity index (χ0) is 23.4. The Labute approximate surface area is 197 Å². The van der Waals surface area contributed by atoms with Crippen LogP contribution >= 0.6 is 0 Å². The highest BCUT2D eigenvalue weighted by atomic mass is 16.2. The van der Waals surface area contributed by atoms with E-state index < -0.39 is 0 Å². The smallest absolute Gasteiger partial charge is 0.222 e. The van der Waals surface area contributed by atoms with Gasteiger partial charge in [0.25, 0.3) is 0 Å². The Morgan fingerprint density at radius 3 is 2.58 bits per heavy atom. The van der Waals surface area contributed by atoms with Gasteiger partial charge in [-0.2, -0.15) is 5.26 Å². The van der Waals surface area contributed by atoms with Crippen LogP contribution in [0.1, 0.15) is 48.6 Å². The van der Waals surface area contributed by atoms with Crippen molar-refractivity contribution in [3.8, 4) is 23.0 Å². The minimum Gasteiger partial charge on any atom is -0.342 e. The Morgan fingerprint density at radius 2 is 1.88 bits per heavy atom. The fourth-order valence-electron chi connectivity index (χ4n) is 4.95. The largest absolute Gasteiger partial charge is 0.342 e. The van der Waals surface area contributed by atoms with E-state index in [9.17, 15) is 4.79 Å². The lowest BCUT2D eigenvalue weighted by atomic mass is 10.00. The van der Waals surface area contributed by atoms with Crippen LogP contribution in [-0.2, 0) is 17.6 Å². The number of hydrogen-bond donors (Lipinski definition) is 0.